The van der Waals surface area contributed by atoms with Gasteiger partial charge in [-0.15, -0.1) is 0 Å². The molecule has 0 saturated heterocycles. The first kappa shape index (κ1) is 17.5. The number of benzene rings is 2. The lowest BCUT2D eigenvalue weighted by molar-refractivity contribution is -0.115. The summed E-state index contributed by atoms with van der Waals surface area (Å²) in [5.41, 5.74) is 1.48. The third kappa shape index (κ3) is 4.79. The van der Waals surface area contributed by atoms with Crippen molar-refractivity contribution in [2.24, 2.45) is 0 Å². The molecule has 122 valence electrons. The standard InChI is InChI=1S/C16H17ClN2O3S/c1-2-12-7-9-13(10-8-12)23(21,22)18-11-16(20)19-15-6-4-3-5-14(15)17/h3-10,18H,2,11H2,1H3,(H,19,20). The fourth-order valence-electron chi connectivity index (χ4n) is 1.91. The average molecular weight is 353 g/mol. The van der Waals surface area contributed by atoms with Crippen LogP contribution in [0.5, 0.6) is 0 Å². The Morgan fingerprint density at radius 1 is 1.09 bits per heavy atom. The summed E-state index contributed by atoms with van der Waals surface area (Å²) in [6.07, 6.45) is 0.827. The predicted octanol–water partition coefficient (Wildman–Crippen LogP) is 2.82. The highest BCUT2D eigenvalue weighted by atomic mass is 35.5. The van der Waals surface area contributed by atoms with Gasteiger partial charge < -0.3 is 5.32 Å². The monoisotopic (exact) mass is 352 g/mol. The summed E-state index contributed by atoms with van der Waals surface area (Å²) in [6, 6.07) is 13.3. The Bertz CT molecular complexity index is 789. The first-order valence-corrected chi connectivity index (χ1v) is 8.91. The van der Waals surface area contributed by atoms with Gasteiger partial charge in [0.15, 0.2) is 0 Å². The molecule has 0 aliphatic heterocycles. The van der Waals surface area contributed by atoms with Crippen LogP contribution in [0.25, 0.3) is 0 Å². The van der Waals surface area contributed by atoms with Crippen LogP contribution >= 0.6 is 11.6 Å². The van der Waals surface area contributed by atoms with Crippen LogP contribution in [-0.2, 0) is 21.2 Å². The molecule has 0 atom stereocenters. The average Bonchev–Trinajstić information content (AvgIpc) is 2.55. The van der Waals surface area contributed by atoms with Crippen molar-refractivity contribution in [3.05, 3.63) is 59.1 Å². The highest BCUT2D eigenvalue weighted by Crippen LogP contribution is 2.20. The molecule has 0 bridgehead atoms. The van der Waals surface area contributed by atoms with E-state index in [1.54, 1.807) is 36.4 Å². The van der Waals surface area contributed by atoms with Crippen molar-refractivity contribution in [1.82, 2.24) is 4.72 Å². The molecule has 0 aliphatic carbocycles. The van der Waals surface area contributed by atoms with Crippen LogP contribution in [0.4, 0.5) is 5.69 Å². The van der Waals surface area contributed by atoms with Gasteiger partial charge in [-0.3, -0.25) is 4.79 Å². The van der Waals surface area contributed by atoms with Crippen molar-refractivity contribution < 1.29 is 13.2 Å². The molecule has 23 heavy (non-hydrogen) atoms. The SMILES string of the molecule is CCc1ccc(S(=O)(=O)NCC(=O)Nc2ccccc2Cl)cc1. The number of hydrogen-bond donors (Lipinski definition) is 2. The van der Waals surface area contributed by atoms with Crippen molar-refractivity contribution in [3.8, 4) is 0 Å². The van der Waals surface area contributed by atoms with Crippen LogP contribution in [0.15, 0.2) is 53.4 Å². The van der Waals surface area contributed by atoms with Crippen molar-refractivity contribution in [2.75, 3.05) is 11.9 Å². The van der Waals surface area contributed by atoms with E-state index >= 15 is 0 Å². The minimum atomic E-state index is -3.73. The number of nitrogens with one attached hydrogen (secondary N) is 2. The Labute approximate surface area is 140 Å². The van der Waals surface area contributed by atoms with E-state index in [-0.39, 0.29) is 11.4 Å². The fourth-order valence-corrected chi connectivity index (χ4v) is 3.07. The van der Waals surface area contributed by atoms with E-state index in [0.717, 1.165) is 12.0 Å². The molecule has 0 heterocycles. The fraction of sp³-hybridized carbons (Fsp3) is 0.188. The smallest absolute Gasteiger partial charge is 0.241 e. The minimum absolute atomic E-state index is 0.125. The molecule has 2 N–H and O–H groups in total. The summed E-state index contributed by atoms with van der Waals surface area (Å²) in [5.74, 6) is -0.494. The lowest BCUT2D eigenvalue weighted by atomic mass is 10.2. The highest BCUT2D eigenvalue weighted by molar-refractivity contribution is 7.89. The molecule has 2 rings (SSSR count). The maximum absolute atomic E-state index is 12.1. The largest absolute Gasteiger partial charge is 0.324 e. The van der Waals surface area contributed by atoms with Crippen LogP contribution in [0.2, 0.25) is 5.02 Å². The summed E-state index contributed by atoms with van der Waals surface area (Å²) in [7, 11) is -3.73. The van der Waals surface area contributed by atoms with Crippen molar-refractivity contribution in [2.45, 2.75) is 18.2 Å². The first-order valence-electron chi connectivity index (χ1n) is 7.05. The second-order valence-electron chi connectivity index (χ2n) is 4.85. The van der Waals surface area contributed by atoms with E-state index in [0.29, 0.717) is 10.7 Å². The third-order valence-corrected chi connectivity index (χ3v) is 4.96. The molecule has 0 unspecified atom stereocenters. The third-order valence-electron chi connectivity index (χ3n) is 3.21. The van der Waals surface area contributed by atoms with Gasteiger partial charge in [0.1, 0.15) is 0 Å². The lowest BCUT2D eigenvalue weighted by Gasteiger charge is -2.09. The molecule has 7 heteroatoms. The molecule has 2 aromatic carbocycles. The number of anilines is 1. The van der Waals surface area contributed by atoms with Gasteiger partial charge >= 0.3 is 0 Å². The van der Waals surface area contributed by atoms with Crippen LogP contribution in [0, 0.1) is 0 Å². The van der Waals surface area contributed by atoms with Gasteiger partial charge in [-0.25, -0.2) is 13.1 Å². The number of halogens is 1. The molecule has 0 aliphatic rings. The Hall–Kier alpha value is -1.89. The van der Waals surface area contributed by atoms with E-state index in [9.17, 15) is 13.2 Å². The van der Waals surface area contributed by atoms with Gasteiger partial charge in [-0.05, 0) is 36.2 Å². The van der Waals surface area contributed by atoms with E-state index in [4.69, 9.17) is 11.6 Å². The second-order valence-corrected chi connectivity index (χ2v) is 7.02. The van der Waals surface area contributed by atoms with Crippen molar-refractivity contribution >= 4 is 33.2 Å². The van der Waals surface area contributed by atoms with Gasteiger partial charge in [0.25, 0.3) is 0 Å². The summed E-state index contributed by atoms with van der Waals surface area (Å²) >= 11 is 5.93. The lowest BCUT2D eigenvalue weighted by Crippen LogP contribution is -2.32. The normalized spacial score (nSPS) is 11.2. The molecule has 5 nitrogen and oxygen atoms in total. The Morgan fingerprint density at radius 2 is 1.74 bits per heavy atom. The summed E-state index contributed by atoms with van der Waals surface area (Å²) in [4.78, 5) is 12.0. The molecule has 0 saturated carbocycles. The Morgan fingerprint density at radius 3 is 2.35 bits per heavy atom. The minimum Gasteiger partial charge on any atom is -0.324 e. The maximum Gasteiger partial charge on any atom is 0.241 e. The number of sulfonamides is 1. The maximum atomic E-state index is 12.1. The Kier molecular flexibility index (Phi) is 5.76. The first-order chi connectivity index (χ1) is 10.9. The van der Waals surface area contributed by atoms with Crippen molar-refractivity contribution in [1.29, 1.82) is 0 Å². The molecular weight excluding hydrogens is 336 g/mol. The zero-order chi connectivity index (χ0) is 16.9. The second kappa shape index (κ2) is 7.59. The number of carbonyl (C=O) groups is 1. The number of hydrogen-bond acceptors (Lipinski definition) is 3. The molecular formula is C16H17ClN2O3S. The summed E-state index contributed by atoms with van der Waals surface area (Å²) in [5, 5.41) is 2.94. The van der Waals surface area contributed by atoms with Crippen LogP contribution in [0.3, 0.4) is 0 Å². The number of para-hydroxylation sites is 1. The molecule has 1 amide bonds. The van der Waals surface area contributed by atoms with Gasteiger partial charge in [-0.2, -0.15) is 0 Å². The highest BCUT2D eigenvalue weighted by Gasteiger charge is 2.15. The van der Waals surface area contributed by atoms with E-state index in [2.05, 4.69) is 10.0 Å². The zero-order valence-electron chi connectivity index (χ0n) is 12.5. The van der Waals surface area contributed by atoms with Gasteiger partial charge in [0.05, 0.1) is 22.2 Å². The summed E-state index contributed by atoms with van der Waals surface area (Å²) < 4.78 is 26.5. The van der Waals surface area contributed by atoms with Gasteiger partial charge in [0, 0.05) is 0 Å². The zero-order valence-corrected chi connectivity index (χ0v) is 14.1. The predicted molar refractivity (Wildman–Crippen MR) is 91.1 cm³/mol. The van der Waals surface area contributed by atoms with Crippen LogP contribution < -0.4 is 10.0 Å². The Balaban J connectivity index is 1.98. The van der Waals surface area contributed by atoms with Gasteiger partial charge in [-0.1, -0.05) is 42.8 Å². The van der Waals surface area contributed by atoms with Crippen LogP contribution in [-0.4, -0.2) is 20.9 Å². The number of amides is 1. The van der Waals surface area contributed by atoms with E-state index in [1.807, 2.05) is 6.92 Å². The molecule has 0 spiro atoms. The molecule has 2 aromatic rings. The number of carbonyl (C=O) groups excluding carboxylic acids is 1. The van der Waals surface area contributed by atoms with Crippen molar-refractivity contribution in [3.63, 3.8) is 0 Å². The van der Waals surface area contributed by atoms with Gasteiger partial charge in [0.2, 0.25) is 15.9 Å². The van der Waals surface area contributed by atoms with E-state index < -0.39 is 15.9 Å². The number of aryl methyl sites for hydroxylation is 1. The van der Waals surface area contributed by atoms with Crippen LogP contribution in [0.1, 0.15) is 12.5 Å². The quantitative estimate of drug-likeness (QED) is 0.839. The summed E-state index contributed by atoms with van der Waals surface area (Å²) in [6.45, 7) is 1.61. The molecule has 0 fully saturated rings. The number of rotatable bonds is 6. The molecule has 0 radical (unpaired) electrons. The topological polar surface area (TPSA) is 75.3 Å². The van der Waals surface area contributed by atoms with E-state index in [1.165, 1.54) is 12.1 Å². The molecule has 0 aromatic heterocycles.